The van der Waals surface area contributed by atoms with E-state index >= 15 is 0 Å². The summed E-state index contributed by atoms with van der Waals surface area (Å²) in [4.78, 5) is 0. The standard InChI is InChI=1S/Co.Fe.2H2O8S2/c;;2*1-9(2,3)7-8-10(4,5)6/h;;2*(H,1,2,3)(H,4,5,6)/q2*+2;;/p-4. The molecule has 0 aromatic rings. The van der Waals surface area contributed by atoms with Crippen molar-refractivity contribution in [2.45, 2.75) is 0 Å². The number of rotatable bonds is 6. The van der Waals surface area contributed by atoms with Gasteiger partial charge >= 0.3 is 33.8 Å². The molecule has 137 valence electrons. The van der Waals surface area contributed by atoms with Gasteiger partial charge in [-0.05, 0) is 0 Å². The second-order valence-electron chi connectivity index (χ2n) is 1.91. The van der Waals surface area contributed by atoms with Gasteiger partial charge in [0.1, 0.15) is 0 Å². The molecule has 0 heterocycles. The smallest absolute Gasteiger partial charge is 0.724 e. The molecule has 22 heteroatoms. The molecule has 0 amide bonds. The van der Waals surface area contributed by atoms with Gasteiger partial charge in [0.05, 0.1) is 0 Å². The minimum Gasteiger partial charge on any atom is -0.724 e. The molecule has 0 aromatic heterocycles. The molecule has 0 bridgehead atoms. The van der Waals surface area contributed by atoms with Gasteiger partial charge in [-0.1, -0.05) is 0 Å². The molecule has 0 aromatic carbocycles. The van der Waals surface area contributed by atoms with E-state index in [1.165, 1.54) is 0 Å². The van der Waals surface area contributed by atoms with E-state index in [1.807, 2.05) is 0 Å². The summed E-state index contributed by atoms with van der Waals surface area (Å²) in [5.41, 5.74) is 0. The van der Waals surface area contributed by atoms with E-state index in [2.05, 4.69) is 17.3 Å². The molecule has 1 radical (unpaired) electrons. The normalized spacial score (nSPS) is 12.2. The van der Waals surface area contributed by atoms with Crippen LogP contribution >= 0.6 is 0 Å². The largest absolute Gasteiger partial charge is 2.00 e. The zero-order valence-corrected chi connectivity index (χ0v) is 14.3. The molecule has 16 nitrogen and oxygen atoms in total. The van der Waals surface area contributed by atoms with E-state index < -0.39 is 41.6 Å². The molecular weight excluding hydrogens is 499 g/mol. The van der Waals surface area contributed by atoms with Gasteiger partial charge in [0.2, 0.25) is 41.6 Å². The third-order valence-corrected chi connectivity index (χ3v) is 1.50. The van der Waals surface area contributed by atoms with E-state index in [0.29, 0.717) is 0 Å². The Balaban J connectivity index is -0.000000135. The third-order valence-electron chi connectivity index (χ3n) is 0.389. The zero-order chi connectivity index (χ0) is 16.8. The Labute approximate surface area is 144 Å². The van der Waals surface area contributed by atoms with E-state index in [-0.39, 0.29) is 33.8 Å². The van der Waals surface area contributed by atoms with Gasteiger partial charge in [-0.2, -0.15) is 0 Å². The van der Waals surface area contributed by atoms with Crippen molar-refractivity contribution < 1.29 is 103 Å². The van der Waals surface area contributed by atoms with E-state index in [0.717, 1.165) is 0 Å². The Kier molecular flexibility index (Phi) is 15.4. The molecule has 0 rings (SSSR count). The number of hydrogen-bond donors (Lipinski definition) is 0. The average Bonchev–Trinajstić information content (AvgIpc) is 2.09. The first-order chi connectivity index (χ1) is 8.41. The topological polar surface area (TPSA) is 266 Å². The van der Waals surface area contributed by atoms with Crippen LogP contribution in [0, 0.1) is 0 Å². The van der Waals surface area contributed by atoms with Crippen molar-refractivity contribution in [2.24, 2.45) is 0 Å². The second kappa shape index (κ2) is 11.1. The Morgan fingerprint density at radius 1 is 0.455 bits per heavy atom. The predicted molar refractivity (Wildman–Crippen MR) is 43.1 cm³/mol. The van der Waals surface area contributed by atoms with E-state index in [9.17, 15) is 51.9 Å². The van der Waals surface area contributed by atoms with Gasteiger partial charge < -0.3 is 18.2 Å². The van der Waals surface area contributed by atoms with E-state index in [4.69, 9.17) is 0 Å². The van der Waals surface area contributed by atoms with Gasteiger partial charge in [-0.15, -0.1) is 17.3 Å². The Hall–Kier alpha value is 0.506. The monoisotopic (exact) mass is 499 g/mol. The Morgan fingerprint density at radius 2 is 0.545 bits per heavy atom. The van der Waals surface area contributed by atoms with Gasteiger partial charge in [0.15, 0.2) is 0 Å². The maximum Gasteiger partial charge on any atom is 2.00 e. The maximum atomic E-state index is 9.37. The van der Waals surface area contributed by atoms with Crippen molar-refractivity contribution >= 4 is 41.6 Å². The zero-order valence-electron chi connectivity index (χ0n) is 8.85. The SMILES string of the molecule is O=S(=O)([O-])OOS(=O)(=O)[O-].O=S(=O)([O-])OOS(=O)(=O)[O-].[Co+2].[Fe+2]. The number of hydrogen-bond acceptors (Lipinski definition) is 16. The summed E-state index contributed by atoms with van der Waals surface area (Å²) >= 11 is 0. The summed E-state index contributed by atoms with van der Waals surface area (Å²) < 4.78 is 123. The third kappa shape index (κ3) is 37.1. The quantitative estimate of drug-likeness (QED) is 0.110. The molecule has 0 saturated carbocycles. The average molecular weight is 499 g/mol. The molecule has 0 atom stereocenters. The molecule has 0 saturated heterocycles. The van der Waals surface area contributed by atoms with Crippen LogP contribution in [0.1, 0.15) is 0 Å². The Bertz CT molecular complexity index is 562. The van der Waals surface area contributed by atoms with Crippen LogP contribution in [0.25, 0.3) is 0 Å². The van der Waals surface area contributed by atoms with Crippen LogP contribution < -0.4 is 0 Å². The van der Waals surface area contributed by atoms with Crippen molar-refractivity contribution in [1.29, 1.82) is 0 Å². The minimum atomic E-state index is -5.31. The molecule has 0 unspecified atom stereocenters. The van der Waals surface area contributed by atoms with E-state index in [1.54, 1.807) is 0 Å². The van der Waals surface area contributed by atoms with Crippen LogP contribution in [0.3, 0.4) is 0 Å². The first-order valence-electron chi connectivity index (χ1n) is 3.00. The fraction of sp³-hybridized carbons (Fsp3) is 0. The van der Waals surface area contributed by atoms with Gasteiger partial charge in [-0.25, -0.2) is 33.7 Å². The van der Waals surface area contributed by atoms with Crippen LogP contribution in [0.2, 0.25) is 0 Å². The minimum absolute atomic E-state index is 0. The first kappa shape index (κ1) is 30.4. The molecule has 0 N–H and O–H groups in total. The molecule has 0 aliphatic rings. The maximum absolute atomic E-state index is 9.37. The van der Waals surface area contributed by atoms with Crippen LogP contribution in [0.4, 0.5) is 0 Å². The van der Waals surface area contributed by atoms with Crippen molar-refractivity contribution in [3.05, 3.63) is 0 Å². The van der Waals surface area contributed by atoms with Crippen molar-refractivity contribution in [3.8, 4) is 0 Å². The molecule has 0 aliphatic carbocycles. The summed E-state index contributed by atoms with van der Waals surface area (Å²) in [5, 5.41) is 0. The summed E-state index contributed by atoms with van der Waals surface area (Å²) in [6, 6.07) is 0. The predicted octanol–water partition coefficient (Wildman–Crippen LogP) is -4.29. The van der Waals surface area contributed by atoms with Crippen LogP contribution in [-0.4, -0.2) is 51.9 Å². The van der Waals surface area contributed by atoms with Crippen molar-refractivity contribution in [1.82, 2.24) is 0 Å². The molecule has 22 heavy (non-hydrogen) atoms. The van der Waals surface area contributed by atoms with Gasteiger partial charge in [0, 0.05) is 0 Å². The fourth-order valence-electron chi connectivity index (χ4n) is 0.136. The van der Waals surface area contributed by atoms with Crippen molar-refractivity contribution in [3.63, 3.8) is 0 Å². The summed E-state index contributed by atoms with van der Waals surface area (Å²) in [6.07, 6.45) is 0. The summed E-state index contributed by atoms with van der Waals surface area (Å²) in [7, 11) is -21.2. The van der Waals surface area contributed by atoms with Crippen LogP contribution in [0.5, 0.6) is 0 Å². The fourth-order valence-corrected chi connectivity index (χ4v) is 1.22. The van der Waals surface area contributed by atoms with Gasteiger partial charge in [0.25, 0.3) is 0 Å². The molecule has 0 aliphatic heterocycles. The van der Waals surface area contributed by atoms with Gasteiger partial charge in [-0.3, -0.25) is 0 Å². The second-order valence-corrected chi connectivity index (χ2v) is 5.72. The van der Waals surface area contributed by atoms with Crippen LogP contribution in [0.15, 0.2) is 0 Å². The Morgan fingerprint density at radius 3 is 0.591 bits per heavy atom. The van der Waals surface area contributed by atoms with Crippen molar-refractivity contribution in [2.75, 3.05) is 0 Å². The van der Waals surface area contributed by atoms with Crippen LogP contribution in [-0.2, 0) is 92.8 Å². The first-order valence-corrected chi connectivity index (χ1v) is 8.33. The molecular formula is CoFeO16S4. The molecule has 0 fully saturated rings. The summed E-state index contributed by atoms with van der Waals surface area (Å²) in [5.74, 6) is 0. The molecule has 0 spiro atoms. The summed E-state index contributed by atoms with van der Waals surface area (Å²) in [6.45, 7) is 0.